The predicted octanol–water partition coefficient (Wildman–Crippen LogP) is 13.8. The van der Waals surface area contributed by atoms with E-state index < -0.39 is 0 Å². The van der Waals surface area contributed by atoms with E-state index in [1.165, 1.54) is 43.7 Å². The molecular formula is C56H36N6. The number of benzene rings is 8. The highest BCUT2D eigenvalue weighted by Gasteiger charge is 2.20. The molecule has 0 aliphatic rings. The second kappa shape index (κ2) is 14.7. The van der Waals surface area contributed by atoms with Crippen LogP contribution in [0.2, 0.25) is 0 Å². The molecular weight excluding hydrogens is 757 g/mol. The number of pyridine rings is 1. The van der Waals surface area contributed by atoms with Crippen LogP contribution in [0.25, 0.3) is 112 Å². The monoisotopic (exact) mass is 792 g/mol. The Labute approximate surface area is 357 Å². The Bertz CT molecular complexity index is 3550. The number of fused-ring (bicyclic) bond motifs is 6. The highest BCUT2D eigenvalue weighted by molar-refractivity contribution is 6.17. The number of rotatable bonds is 7. The molecule has 4 heterocycles. The molecule has 0 N–H and O–H groups in total. The van der Waals surface area contributed by atoms with Crippen LogP contribution >= 0.6 is 0 Å². The molecule has 12 rings (SSSR count). The SMILES string of the molecule is c1ccc(-c2nc(-c3ccccc3)nc(-c3cc(-c4cccc5c4c4ccccc4n5-c4ccc(-c5cccc6c5c5ccccc5n6-c5ccccc5)cc4)ccn3)n2)cc1. The Balaban J connectivity index is 0.975. The Kier molecular flexibility index (Phi) is 8.38. The number of para-hydroxylation sites is 3. The molecule has 0 amide bonds. The Morgan fingerprint density at radius 2 is 0.758 bits per heavy atom. The topological polar surface area (TPSA) is 61.4 Å². The van der Waals surface area contributed by atoms with Gasteiger partial charge in [0.2, 0.25) is 0 Å². The van der Waals surface area contributed by atoms with E-state index in [2.05, 4.69) is 161 Å². The third-order valence-corrected chi connectivity index (χ3v) is 11.8. The molecule has 6 nitrogen and oxygen atoms in total. The van der Waals surface area contributed by atoms with Gasteiger partial charge in [0, 0.05) is 50.2 Å². The second-order valence-corrected chi connectivity index (χ2v) is 15.5. The van der Waals surface area contributed by atoms with Crippen molar-refractivity contribution in [2.45, 2.75) is 0 Å². The van der Waals surface area contributed by atoms with E-state index in [1.54, 1.807) is 0 Å². The zero-order valence-electron chi connectivity index (χ0n) is 33.5. The van der Waals surface area contributed by atoms with Crippen molar-refractivity contribution in [1.29, 1.82) is 0 Å². The van der Waals surface area contributed by atoms with Gasteiger partial charge in [0.05, 0.1) is 22.1 Å². The quantitative estimate of drug-likeness (QED) is 0.161. The smallest absolute Gasteiger partial charge is 0.182 e. The molecule has 6 heteroatoms. The lowest BCUT2D eigenvalue weighted by Gasteiger charge is -2.12. The van der Waals surface area contributed by atoms with Crippen LogP contribution in [0, 0.1) is 0 Å². The fourth-order valence-electron chi connectivity index (χ4n) is 9.09. The van der Waals surface area contributed by atoms with Crippen molar-refractivity contribution in [2.24, 2.45) is 0 Å². The summed E-state index contributed by atoms with van der Waals surface area (Å²) in [4.78, 5) is 19.7. The molecule has 0 aliphatic carbocycles. The summed E-state index contributed by atoms with van der Waals surface area (Å²) >= 11 is 0. The number of hydrogen-bond acceptors (Lipinski definition) is 4. The van der Waals surface area contributed by atoms with Crippen LogP contribution in [-0.4, -0.2) is 29.1 Å². The lowest BCUT2D eigenvalue weighted by atomic mass is 9.99. The van der Waals surface area contributed by atoms with Crippen LogP contribution in [0.3, 0.4) is 0 Å². The predicted molar refractivity (Wildman–Crippen MR) is 253 cm³/mol. The van der Waals surface area contributed by atoms with Gasteiger partial charge in [-0.05, 0) is 82.9 Å². The van der Waals surface area contributed by atoms with Gasteiger partial charge in [-0.25, -0.2) is 15.0 Å². The molecule has 0 unspecified atom stereocenters. The summed E-state index contributed by atoms with van der Waals surface area (Å²) in [5, 5.41) is 4.84. The van der Waals surface area contributed by atoms with E-state index >= 15 is 0 Å². The van der Waals surface area contributed by atoms with Gasteiger partial charge in [-0.15, -0.1) is 0 Å². The van der Waals surface area contributed by atoms with Gasteiger partial charge in [-0.3, -0.25) is 4.98 Å². The third-order valence-electron chi connectivity index (χ3n) is 11.8. The number of aromatic nitrogens is 6. The minimum Gasteiger partial charge on any atom is -0.309 e. The summed E-state index contributed by atoms with van der Waals surface area (Å²) in [7, 11) is 0. The Morgan fingerprint density at radius 3 is 1.32 bits per heavy atom. The molecule has 0 fully saturated rings. The molecule has 4 aromatic heterocycles. The van der Waals surface area contributed by atoms with Gasteiger partial charge in [-0.2, -0.15) is 0 Å². The molecule has 0 bridgehead atoms. The van der Waals surface area contributed by atoms with Crippen LogP contribution in [-0.2, 0) is 0 Å². The lowest BCUT2D eigenvalue weighted by molar-refractivity contribution is 1.06. The van der Waals surface area contributed by atoms with Crippen molar-refractivity contribution in [3.8, 4) is 67.9 Å². The molecule has 12 aromatic rings. The summed E-state index contributed by atoms with van der Waals surface area (Å²) in [5.74, 6) is 1.73. The molecule has 62 heavy (non-hydrogen) atoms. The molecule has 8 aromatic carbocycles. The zero-order chi connectivity index (χ0) is 41.0. The van der Waals surface area contributed by atoms with E-state index in [4.69, 9.17) is 19.9 Å². The third kappa shape index (κ3) is 5.88. The maximum Gasteiger partial charge on any atom is 0.182 e. The second-order valence-electron chi connectivity index (χ2n) is 15.5. The summed E-state index contributed by atoms with van der Waals surface area (Å²) in [5.41, 5.74) is 13.9. The van der Waals surface area contributed by atoms with Gasteiger partial charge in [0.1, 0.15) is 5.69 Å². The summed E-state index contributed by atoms with van der Waals surface area (Å²) in [6.45, 7) is 0. The van der Waals surface area contributed by atoms with Gasteiger partial charge < -0.3 is 9.13 Å². The van der Waals surface area contributed by atoms with Gasteiger partial charge in [-0.1, -0.05) is 152 Å². The molecule has 0 radical (unpaired) electrons. The number of hydrogen-bond donors (Lipinski definition) is 0. The molecule has 0 saturated carbocycles. The normalized spacial score (nSPS) is 11.5. The molecule has 0 spiro atoms. The summed E-state index contributed by atoms with van der Waals surface area (Å²) in [6.07, 6.45) is 1.85. The van der Waals surface area contributed by atoms with Crippen molar-refractivity contribution in [3.05, 3.63) is 219 Å². The van der Waals surface area contributed by atoms with Crippen molar-refractivity contribution in [2.75, 3.05) is 0 Å². The van der Waals surface area contributed by atoms with Crippen LogP contribution in [0.5, 0.6) is 0 Å². The maximum absolute atomic E-state index is 4.98. The van der Waals surface area contributed by atoms with Gasteiger partial charge >= 0.3 is 0 Å². The largest absolute Gasteiger partial charge is 0.309 e. The van der Waals surface area contributed by atoms with Crippen LogP contribution in [0.4, 0.5) is 0 Å². The van der Waals surface area contributed by atoms with Crippen molar-refractivity contribution in [3.63, 3.8) is 0 Å². The van der Waals surface area contributed by atoms with E-state index in [-0.39, 0.29) is 0 Å². The van der Waals surface area contributed by atoms with E-state index in [0.29, 0.717) is 23.2 Å². The van der Waals surface area contributed by atoms with Crippen molar-refractivity contribution in [1.82, 2.24) is 29.1 Å². The average molecular weight is 793 g/mol. The summed E-state index contributed by atoms with van der Waals surface area (Å²) in [6, 6.07) is 74.5. The van der Waals surface area contributed by atoms with Crippen LogP contribution in [0.1, 0.15) is 0 Å². The van der Waals surface area contributed by atoms with Crippen molar-refractivity contribution >= 4 is 43.6 Å². The number of nitrogens with zero attached hydrogens (tertiary/aromatic N) is 6. The first-order valence-electron chi connectivity index (χ1n) is 20.8. The maximum atomic E-state index is 4.98. The first kappa shape index (κ1) is 35.5. The first-order chi connectivity index (χ1) is 30.8. The van der Waals surface area contributed by atoms with Crippen LogP contribution in [0.15, 0.2) is 219 Å². The Morgan fingerprint density at radius 1 is 0.306 bits per heavy atom. The molecule has 0 saturated heterocycles. The highest BCUT2D eigenvalue weighted by Crippen LogP contribution is 2.41. The van der Waals surface area contributed by atoms with Gasteiger partial charge in [0.15, 0.2) is 17.5 Å². The van der Waals surface area contributed by atoms with E-state index in [0.717, 1.165) is 44.7 Å². The van der Waals surface area contributed by atoms with E-state index in [1.807, 2.05) is 66.9 Å². The minimum absolute atomic E-state index is 0.523. The zero-order valence-corrected chi connectivity index (χ0v) is 33.5. The van der Waals surface area contributed by atoms with Gasteiger partial charge in [0.25, 0.3) is 0 Å². The molecule has 0 aliphatic heterocycles. The first-order valence-corrected chi connectivity index (χ1v) is 20.8. The highest BCUT2D eigenvalue weighted by atomic mass is 15.0. The molecule has 290 valence electrons. The van der Waals surface area contributed by atoms with Crippen LogP contribution < -0.4 is 0 Å². The van der Waals surface area contributed by atoms with Crippen molar-refractivity contribution < 1.29 is 0 Å². The molecule has 0 atom stereocenters. The average Bonchev–Trinajstić information content (AvgIpc) is 3.88. The minimum atomic E-state index is 0.523. The fraction of sp³-hybridized carbons (Fsp3) is 0. The fourth-order valence-corrected chi connectivity index (χ4v) is 9.09. The lowest BCUT2D eigenvalue weighted by Crippen LogP contribution is -2.01. The standard InChI is InChI=1S/C56H36N6/c1-4-16-38(17-5-1)54-58-55(39-18-6-2-7-19-39)60-56(59-54)47-36-40(34-35-57-47)44-25-15-29-51-53(44)46-23-11-13-27-49(46)62(51)42-32-30-37(31-33-42)43-24-14-28-50-52(43)45-22-10-12-26-48(45)61(50)41-20-8-3-9-21-41/h1-36H. The van der Waals surface area contributed by atoms with E-state index in [9.17, 15) is 0 Å². The summed E-state index contributed by atoms with van der Waals surface area (Å²) < 4.78 is 4.75. The Hall–Kier alpha value is -8.48.